The van der Waals surface area contributed by atoms with Crippen molar-refractivity contribution in [1.82, 2.24) is 9.97 Å². The molecule has 0 saturated carbocycles. The van der Waals surface area contributed by atoms with Gasteiger partial charge in [-0.1, -0.05) is 35.9 Å². The lowest BCUT2D eigenvalue weighted by Gasteiger charge is -2.11. The lowest BCUT2D eigenvalue weighted by Crippen LogP contribution is -2.05. The van der Waals surface area contributed by atoms with Crippen LogP contribution in [0.1, 0.15) is 28.1 Å². The maximum atomic E-state index is 4.50. The lowest BCUT2D eigenvalue weighted by atomic mass is 10.1. The molecule has 2 aromatic carbocycles. The molecule has 0 aliphatic heterocycles. The zero-order chi connectivity index (χ0) is 17.8. The van der Waals surface area contributed by atoms with Crippen molar-refractivity contribution in [1.29, 1.82) is 0 Å². The van der Waals surface area contributed by atoms with Crippen LogP contribution in [0.25, 0.3) is 0 Å². The molecule has 0 radical (unpaired) electrons. The number of benzene rings is 2. The van der Waals surface area contributed by atoms with Crippen molar-refractivity contribution < 1.29 is 0 Å². The molecule has 3 aromatic rings. The molecular weight excluding hydrogens is 308 g/mol. The van der Waals surface area contributed by atoms with Crippen LogP contribution in [0.2, 0.25) is 0 Å². The minimum absolute atomic E-state index is 0.737. The van der Waals surface area contributed by atoms with Crippen molar-refractivity contribution in [2.45, 2.75) is 34.2 Å². The fraction of sp³-hybridized carbons (Fsp3) is 0.238. The molecule has 3 rings (SSSR count). The SMILES string of the molecule is Cc1cccc(CNc2cc(Nc3cc(C)cc(C)c3)nc(C)n2)c1. The molecule has 0 atom stereocenters. The van der Waals surface area contributed by atoms with E-state index in [1.54, 1.807) is 0 Å². The second kappa shape index (κ2) is 7.34. The molecule has 4 heteroatoms. The van der Waals surface area contributed by atoms with Crippen LogP contribution >= 0.6 is 0 Å². The molecule has 0 amide bonds. The van der Waals surface area contributed by atoms with Crippen molar-refractivity contribution in [2.75, 3.05) is 10.6 Å². The number of aryl methyl sites for hydroxylation is 4. The molecular formula is C21H24N4. The van der Waals surface area contributed by atoms with E-state index < -0.39 is 0 Å². The van der Waals surface area contributed by atoms with E-state index in [9.17, 15) is 0 Å². The molecule has 0 aliphatic carbocycles. The third-order valence-corrected chi connectivity index (χ3v) is 3.89. The highest BCUT2D eigenvalue weighted by atomic mass is 15.1. The summed E-state index contributed by atoms with van der Waals surface area (Å²) in [5.74, 6) is 2.35. The summed E-state index contributed by atoms with van der Waals surface area (Å²) in [6.45, 7) is 8.94. The quantitative estimate of drug-likeness (QED) is 0.685. The summed E-state index contributed by atoms with van der Waals surface area (Å²) in [5, 5.41) is 6.77. The van der Waals surface area contributed by atoms with Crippen LogP contribution in [0.4, 0.5) is 17.3 Å². The predicted molar refractivity (Wildman–Crippen MR) is 104 cm³/mol. The molecule has 0 aliphatic rings. The highest BCUT2D eigenvalue weighted by Crippen LogP contribution is 2.20. The van der Waals surface area contributed by atoms with E-state index in [0.29, 0.717) is 0 Å². The van der Waals surface area contributed by atoms with Crippen LogP contribution in [0, 0.1) is 27.7 Å². The summed E-state index contributed by atoms with van der Waals surface area (Å²) in [7, 11) is 0. The van der Waals surface area contributed by atoms with Crippen LogP contribution in [0.3, 0.4) is 0 Å². The van der Waals surface area contributed by atoms with Gasteiger partial charge in [0.15, 0.2) is 0 Å². The topological polar surface area (TPSA) is 49.8 Å². The summed E-state index contributed by atoms with van der Waals surface area (Å²) in [4.78, 5) is 8.98. The van der Waals surface area contributed by atoms with Gasteiger partial charge in [0.1, 0.15) is 17.5 Å². The van der Waals surface area contributed by atoms with Gasteiger partial charge in [-0.25, -0.2) is 9.97 Å². The first-order chi connectivity index (χ1) is 12.0. The first kappa shape index (κ1) is 17.0. The second-order valence-corrected chi connectivity index (χ2v) is 6.53. The molecule has 128 valence electrons. The van der Waals surface area contributed by atoms with E-state index in [-0.39, 0.29) is 0 Å². The molecule has 4 nitrogen and oxygen atoms in total. The van der Waals surface area contributed by atoms with E-state index in [0.717, 1.165) is 29.7 Å². The van der Waals surface area contributed by atoms with Gasteiger partial charge in [-0.05, 0) is 56.5 Å². The summed E-state index contributed by atoms with van der Waals surface area (Å²) in [6, 6.07) is 16.8. The Hall–Kier alpha value is -2.88. The van der Waals surface area contributed by atoms with Crippen LogP contribution < -0.4 is 10.6 Å². The van der Waals surface area contributed by atoms with Gasteiger partial charge in [0.25, 0.3) is 0 Å². The Morgan fingerprint density at radius 2 is 1.48 bits per heavy atom. The van der Waals surface area contributed by atoms with Crippen molar-refractivity contribution >= 4 is 17.3 Å². The Labute approximate surface area is 149 Å². The van der Waals surface area contributed by atoms with E-state index in [1.807, 2.05) is 13.0 Å². The van der Waals surface area contributed by atoms with E-state index in [2.05, 4.69) is 83.8 Å². The molecule has 0 fully saturated rings. The number of rotatable bonds is 5. The smallest absolute Gasteiger partial charge is 0.136 e. The van der Waals surface area contributed by atoms with Crippen molar-refractivity contribution in [3.8, 4) is 0 Å². The predicted octanol–water partition coefficient (Wildman–Crippen LogP) is 5.07. The highest BCUT2D eigenvalue weighted by Gasteiger charge is 2.04. The molecule has 0 unspecified atom stereocenters. The van der Waals surface area contributed by atoms with Crippen molar-refractivity contribution in [3.63, 3.8) is 0 Å². The van der Waals surface area contributed by atoms with Crippen LogP contribution in [0.5, 0.6) is 0 Å². The summed E-state index contributed by atoms with van der Waals surface area (Å²) in [5.41, 5.74) is 5.99. The molecule has 0 bridgehead atoms. The van der Waals surface area contributed by atoms with Crippen molar-refractivity contribution in [3.05, 3.63) is 76.6 Å². The first-order valence-corrected chi connectivity index (χ1v) is 8.48. The van der Waals surface area contributed by atoms with E-state index >= 15 is 0 Å². The summed E-state index contributed by atoms with van der Waals surface area (Å²) in [6.07, 6.45) is 0. The van der Waals surface area contributed by atoms with Gasteiger partial charge in [-0.2, -0.15) is 0 Å². The van der Waals surface area contributed by atoms with Gasteiger partial charge in [0.2, 0.25) is 0 Å². The van der Waals surface area contributed by atoms with Gasteiger partial charge < -0.3 is 10.6 Å². The number of aromatic nitrogens is 2. The van der Waals surface area contributed by atoms with Gasteiger partial charge in [-0.15, -0.1) is 0 Å². The maximum absolute atomic E-state index is 4.50. The van der Waals surface area contributed by atoms with Gasteiger partial charge >= 0.3 is 0 Å². The minimum Gasteiger partial charge on any atom is -0.366 e. The third kappa shape index (κ3) is 4.80. The number of nitrogens with zero attached hydrogens (tertiary/aromatic N) is 2. The van der Waals surface area contributed by atoms with Crippen molar-refractivity contribution in [2.24, 2.45) is 0 Å². The molecule has 0 saturated heterocycles. The normalized spacial score (nSPS) is 10.6. The maximum Gasteiger partial charge on any atom is 0.136 e. The zero-order valence-electron chi connectivity index (χ0n) is 15.2. The second-order valence-electron chi connectivity index (χ2n) is 6.53. The molecule has 1 heterocycles. The Kier molecular flexibility index (Phi) is 4.98. The van der Waals surface area contributed by atoms with Crippen LogP contribution in [-0.4, -0.2) is 9.97 Å². The first-order valence-electron chi connectivity index (χ1n) is 8.48. The average molecular weight is 332 g/mol. The number of hydrogen-bond donors (Lipinski definition) is 2. The third-order valence-electron chi connectivity index (χ3n) is 3.89. The number of hydrogen-bond acceptors (Lipinski definition) is 4. The summed E-state index contributed by atoms with van der Waals surface area (Å²) < 4.78 is 0. The number of anilines is 3. The highest BCUT2D eigenvalue weighted by molar-refractivity contribution is 5.60. The Balaban J connectivity index is 1.75. The Morgan fingerprint density at radius 3 is 2.20 bits per heavy atom. The van der Waals surface area contributed by atoms with Crippen LogP contribution in [-0.2, 0) is 6.54 Å². The van der Waals surface area contributed by atoms with Gasteiger partial charge in [-0.3, -0.25) is 0 Å². The fourth-order valence-electron chi connectivity index (χ4n) is 2.93. The fourth-order valence-corrected chi connectivity index (χ4v) is 2.93. The molecule has 1 aromatic heterocycles. The largest absolute Gasteiger partial charge is 0.366 e. The van der Waals surface area contributed by atoms with Crippen LogP contribution in [0.15, 0.2) is 48.5 Å². The lowest BCUT2D eigenvalue weighted by molar-refractivity contribution is 1.02. The monoisotopic (exact) mass is 332 g/mol. The molecule has 25 heavy (non-hydrogen) atoms. The minimum atomic E-state index is 0.737. The molecule has 2 N–H and O–H groups in total. The van der Waals surface area contributed by atoms with E-state index in [4.69, 9.17) is 0 Å². The Morgan fingerprint density at radius 1 is 0.760 bits per heavy atom. The van der Waals surface area contributed by atoms with Gasteiger partial charge in [0.05, 0.1) is 0 Å². The average Bonchev–Trinajstić information content (AvgIpc) is 2.51. The zero-order valence-corrected chi connectivity index (χ0v) is 15.2. The standard InChI is InChI=1S/C21H24N4/c1-14-6-5-7-18(9-14)13-22-20-12-21(24-17(4)23-20)25-19-10-15(2)8-16(3)11-19/h5-12H,13H2,1-4H3,(H2,22,23,24,25). The Bertz CT molecular complexity index is 867. The van der Waals surface area contributed by atoms with E-state index in [1.165, 1.54) is 22.3 Å². The molecule has 0 spiro atoms. The number of nitrogens with one attached hydrogen (secondary N) is 2. The van der Waals surface area contributed by atoms with Gasteiger partial charge in [0, 0.05) is 18.3 Å². The summed E-state index contributed by atoms with van der Waals surface area (Å²) >= 11 is 0.